The van der Waals surface area contributed by atoms with Crippen LogP contribution in [0.1, 0.15) is 49.9 Å². The maximum atomic E-state index is 13.8. The SMILES string of the molecule is COC(=O)CNC(=O)C(c1ccc(C)c(C)c1)N(CCO)C(=O)C(CCSC)NC(=O)OC(C)(C)C. The molecule has 0 bridgehead atoms. The molecule has 3 amide bonds. The van der Waals surface area contributed by atoms with Gasteiger partial charge in [-0.3, -0.25) is 14.4 Å². The lowest BCUT2D eigenvalue weighted by atomic mass is 9.98. The van der Waals surface area contributed by atoms with E-state index in [0.29, 0.717) is 11.3 Å². The molecule has 10 nitrogen and oxygen atoms in total. The van der Waals surface area contributed by atoms with Gasteiger partial charge in [-0.1, -0.05) is 18.2 Å². The maximum absolute atomic E-state index is 13.8. The molecule has 0 saturated carbocycles. The number of alkyl carbamates (subject to hydrolysis) is 1. The van der Waals surface area contributed by atoms with Gasteiger partial charge in [-0.05, 0) is 69.7 Å². The second-order valence-corrected chi connectivity index (χ2v) is 10.3. The predicted octanol–water partition coefficient (Wildman–Crippen LogP) is 2.10. The summed E-state index contributed by atoms with van der Waals surface area (Å²) < 4.78 is 9.93. The fourth-order valence-corrected chi connectivity index (χ4v) is 3.82. The van der Waals surface area contributed by atoms with Crippen LogP contribution in [0.5, 0.6) is 0 Å². The number of methoxy groups -OCH3 is 1. The van der Waals surface area contributed by atoms with E-state index in [4.69, 9.17) is 4.74 Å². The predicted molar refractivity (Wildman–Crippen MR) is 139 cm³/mol. The van der Waals surface area contributed by atoms with E-state index in [1.54, 1.807) is 32.9 Å². The third kappa shape index (κ3) is 10.1. The first-order chi connectivity index (χ1) is 16.8. The minimum absolute atomic E-state index is 0.173. The van der Waals surface area contributed by atoms with Crippen molar-refractivity contribution in [1.82, 2.24) is 15.5 Å². The highest BCUT2D eigenvalue weighted by Crippen LogP contribution is 2.25. The Bertz CT molecular complexity index is 917. The van der Waals surface area contributed by atoms with E-state index in [0.717, 1.165) is 11.1 Å². The molecule has 202 valence electrons. The van der Waals surface area contributed by atoms with Gasteiger partial charge in [0.05, 0.1) is 13.7 Å². The first-order valence-corrected chi connectivity index (χ1v) is 13.1. The van der Waals surface area contributed by atoms with Gasteiger partial charge in [-0.15, -0.1) is 0 Å². The fraction of sp³-hybridized carbons (Fsp3) is 0.600. The summed E-state index contributed by atoms with van der Waals surface area (Å²) in [6.07, 6.45) is 1.40. The first kappa shape index (κ1) is 31.2. The smallest absolute Gasteiger partial charge is 0.408 e. The molecule has 0 heterocycles. The Morgan fingerprint density at radius 3 is 2.33 bits per heavy atom. The van der Waals surface area contributed by atoms with Crippen molar-refractivity contribution in [2.75, 3.05) is 38.8 Å². The number of thioether (sulfide) groups is 1. The molecule has 0 aliphatic rings. The number of carbonyl (C=O) groups excluding carboxylic acids is 4. The zero-order valence-corrected chi connectivity index (χ0v) is 23.0. The van der Waals surface area contributed by atoms with Crippen LogP contribution in [0.2, 0.25) is 0 Å². The highest BCUT2D eigenvalue weighted by Gasteiger charge is 2.36. The molecule has 0 spiro atoms. The normalized spacial score (nSPS) is 12.8. The number of aliphatic hydroxyl groups excluding tert-OH is 1. The molecule has 0 aliphatic carbocycles. The molecular weight excluding hydrogens is 486 g/mol. The highest BCUT2D eigenvalue weighted by atomic mass is 32.2. The minimum atomic E-state index is -1.16. The number of aliphatic hydroxyl groups is 1. The molecule has 1 aromatic rings. The number of nitrogens with one attached hydrogen (secondary N) is 2. The zero-order chi connectivity index (χ0) is 27.5. The number of carbonyl (C=O) groups is 4. The average Bonchev–Trinajstić information content (AvgIpc) is 2.80. The Morgan fingerprint density at radius 1 is 1.14 bits per heavy atom. The van der Waals surface area contributed by atoms with Crippen molar-refractivity contribution >= 4 is 35.6 Å². The molecule has 1 rings (SSSR count). The standard InChI is InChI=1S/C25H39N3O7S/c1-16-8-9-18(14-17(16)2)21(22(31)26-15-20(30)34-6)28(11-12-29)23(32)19(10-13-36-7)27-24(33)35-25(3,4)5/h8-9,14,19,21,29H,10-13,15H2,1-7H3,(H,26,31)(H,27,33). The van der Waals surface area contributed by atoms with E-state index >= 15 is 0 Å². The van der Waals surface area contributed by atoms with Crippen LogP contribution in [0.3, 0.4) is 0 Å². The van der Waals surface area contributed by atoms with Gasteiger partial charge >= 0.3 is 12.1 Å². The second-order valence-electron chi connectivity index (χ2n) is 9.28. The van der Waals surface area contributed by atoms with Crippen LogP contribution in [-0.2, 0) is 23.9 Å². The number of amides is 3. The Morgan fingerprint density at radius 2 is 1.81 bits per heavy atom. The van der Waals surface area contributed by atoms with Gasteiger partial charge in [0.25, 0.3) is 0 Å². The molecule has 0 aliphatic heterocycles. The van der Waals surface area contributed by atoms with Crippen molar-refractivity contribution in [3.8, 4) is 0 Å². The molecule has 2 atom stereocenters. The van der Waals surface area contributed by atoms with Crippen molar-refractivity contribution < 1.29 is 33.8 Å². The van der Waals surface area contributed by atoms with Gasteiger partial charge in [-0.25, -0.2) is 4.79 Å². The maximum Gasteiger partial charge on any atom is 0.408 e. The van der Waals surface area contributed by atoms with E-state index in [1.165, 1.54) is 23.8 Å². The van der Waals surface area contributed by atoms with Gasteiger partial charge in [0.2, 0.25) is 11.8 Å². The number of hydrogen-bond donors (Lipinski definition) is 3. The van der Waals surface area contributed by atoms with Crippen LogP contribution in [0, 0.1) is 13.8 Å². The van der Waals surface area contributed by atoms with Gasteiger partial charge in [0, 0.05) is 6.54 Å². The molecule has 0 aromatic heterocycles. The molecule has 1 aromatic carbocycles. The quantitative estimate of drug-likeness (QED) is 0.353. The van der Waals surface area contributed by atoms with Crippen molar-refractivity contribution in [2.45, 2.75) is 58.7 Å². The lowest BCUT2D eigenvalue weighted by molar-refractivity contribution is -0.145. The summed E-state index contributed by atoms with van der Waals surface area (Å²) in [5, 5.41) is 14.9. The van der Waals surface area contributed by atoms with E-state index < -0.39 is 48.2 Å². The molecule has 0 radical (unpaired) electrons. The Hall–Kier alpha value is -2.79. The van der Waals surface area contributed by atoms with E-state index in [1.807, 2.05) is 26.2 Å². The lowest BCUT2D eigenvalue weighted by Gasteiger charge is -2.34. The Labute approximate surface area is 217 Å². The molecule has 3 N–H and O–H groups in total. The largest absolute Gasteiger partial charge is 0.468 e. The van der Waals surface area contributed by atoms with Crippen molar-refractivity contribution in [3.63, 3.8) is 0 Å². The number of nitrogens with zero attached hydrogens (tertiary/aromatic N) is 1. The number of benzene rings is 1. The Kier molecular flexibility index (Phi) is 12.8. The summed E-state index contributed by atoms with van der Waals surface area (Å²) in [6, 6.07) is 3.18. The van der Waals surface area contributed by atoms with E-state index in [-0.39, 0.29) is 19.5 Å². The van der Waals surface area contributed by atoms with Crippen molar-refractivity contribution in [3.05, 3.63) is 34.9 Å². The molecule has 0 saturated heterocycles. The molecule has 36 heavy (non-hydrogen) atoms. The van der Waals surface area contributed by atoms with Gasteiger partial charge in [0.15, 0.2) is 0 Å². The van der Waals surface area contributed by atoms with Crippen LogP contribution >= 0.6 is 11.8 Å². The lowest BCUT2D eigenvalue weighted by Crippen LogP contribution is -2.54. The number of esters is 1. The van der Waals surface area contributed by atoms with Crippen LogP contribution < -0.4 is 10.6 Å². The molecular formula is C25H39N3O7S. The van der Waals surface area contributed by atoms with Crippen LogP contribution in [0.4, 0.5) is 4.79 Å². The second kappa shape index (κ2) is 14.7. The summed E-state index contributed by atoms with van der Waals surface area (Å²) in [5.41, 5.74) is 1.64. The summed E-state index contributed by atoms with van der Waals surface area (Å²) in [5.74, 6) is -1.26. The van der Waals surface area contributed by atoms with Gasteiger partial charge in [-0.2, -0.15) is 11.8 Å². The summed E-state index contributed by atoms with van der Waals surface area (Å²) in [6.45, 7) is 7.97. The molecule has 2 unspecified atom stereocenters. The fourth-order valence-electron chi connectivity index (χ4n) is 3.35. The number of aryl methyl sites for hydroxylation is 2. The third-order valence-electron chi connectivity index (χ3n) is 5.27. The van der Waals surface area contributed by atoms with Crippen molar-refractivity contribution in [1.29, 1.82) is 0 Å². The molecule has 11 heteroatoms. The van der Waals surface area contributed by atoms with Crippen molar-refractivity contribution in [2.24, 2.45) is 0 Å². The van der Waals surface area contributed by atoms with Crippen LogP contribution in [-0.4, -0.2) is 84.3 Å². The summed E-state index contributed by atoms with van der Waals surface area (Å²) in [4.78, 5) is 52.4. The first-order valence-electron chi connectivity index (χ1n) is 11.7. The number of rotatable bonds is 12. The highest BCUT2D eigenvalue weighted by molar-refractivity contribution is 7.98. The van der Waals surface area contributed by atoms with Gasteiger partial charge < -0.3 is 30.1 Å². The summed E-state index contributed by atoms with van der Waals surface area (Å²) in [7, 11) is 1.20. The number of hydrogen-bond acceptors (Lipinski definition) is 8. The zero-order valence-electron chi connectivity index (χ0n) is 22.2. The van der Waals surface area contributed by atoms with Crippen LogP contribution in [0.15, 0.2) is 18.2 Å². The number of ether oxygens (including phenoxy) is 2. The summed E-state index contributed by atoms with van der Waals surface area (Å²) >= 11 is 1.50. The molecule has 0 fully saturated rings. The topological polar surface area (TPSA) is 134 Å². The average molecular weight is 526 g/mol. The Balaban J connectivity index is 3.43. The van der Waals surface area contributed by atoms with E-state index in [2.05, 4.69) is 15.4 Å². The third-order valence-corrected chi connectivity index (χ3v) is 5.91. The van der Waals surface area contributed by atoms with Gasteiger partial charge in [0.1, 0.15) is 24.2 Å². The van der Waals surface area contributed by atoms with Crippen LogP contribution in [0.25, 0.3) is 0 Å². The van der Waals surface area contributed by atoms with E-state index in [9.17, 15) is 24.3 Å². The monoisotopic (exact) mass is 525 g/mol. The minimum Gasteiger partial charge on any atom is -0.468 e.